The van der Waals surface area contributed by atoms with E-state index in [0.29, 0.717) is 0 Å². The largest absolute Gasteiger partial charge is 0.324 e. The molecule has 0 spiro atoms. The normalized spacial score (nSPS) is 12.8. The first-order valence-electron chi connectivity index (χ1n) is 6.08. The van der Waals surface area contributed by atoms with Crippen molar-refractivity contribution in [3.8, 4) is 11.1 Å². The van der Waals surface area contributed by atoms with Gasteiger partial charge in [-0.3, -0.25) is 0 Å². The van der Waals surface area contributed by atoms with Crippen LogP contribution < -0.4 is 5.73 Å². The highest BCUT2D eigenvalue weighted by molar-refractivity contribution is 7.17. The number of fused-ring (bicyclic) bond motifs is 1. The van der Waals surface area contributed by atoms with Crippen LogP contribution in [0, 0.1) is 0 Å². The molecule has 0 aliphatic rings. The van der Waals surface area contributed by atoms with Crippen LogP contribution in [0.2, 0.25) is 0 Å². The van der Waals surface area contributed by atoms with Gasteiger partial charge in [0.25, 0.3) is 0 Å². The van der Waals surface area contributed by atoms with Crippen LogP contribution in [0.5, 0.6) is 0 Å². The summed E-state index contributed by atoms with van der Waals surface area (Å²) in [4.78, 5) is 0. The Morgan fingerprint density at radius 1 is 1.00 bits per heavy atom. The first-order valence-corrected chi connectivity index (χ1v) is 6.96. The summed E-state index contributed by atoms with van der Waals surface area (Å²) in [6.45, 7) is 2.01. The fourth-order valence-corrected chi connectivity index (χ4v) is 3.12. The third kappa shape index (κ3) is 1.94. The molecule has 0 aliphatic carbocycles. The summed E-state index contributed by atoms with van der Waals surface area (Å²) in [5.74, 6) is 0. The van der Waals surface area contributed by atoms with E-state index in [4.69, 9.17) is 5.73 Å². The van der Waals surface area contributed by atoms with Gasteiger partial charge >= 0.3 is 0 Å². The molecule has 90 valence electrons. The number of thiophene rings is 1. The van der Waals surface area contributed by atoms with E-state index in [9.17, 15) is 0 Å². The van der Waals surface area contributed by atoms with E-state index in [-0.39, 0.29) is 6.04 Å². The molecule has 1 atom stereocenters. The van der Waals surface area contributed by atoms with Gasteiger partial charge in [0, 0.05) is 10.7 Å². The van der Waals surface area contributed by atoms with Crippen LogP contribution in [0.3, 0.4) is 0 Å². The summed E-state index contributed by atoms with van der Waals surface area (Å²) in [7, 11) is 0. The van der Waals surface area contributed by atoms with Crippen molar-refractivity contribution in [2.75, 3.05) is 0 Å². The highest BCUT2D eigenvalue weighted by atomic mass is 32.1. The lowest BCUT2D eigenvalue weighted by Gasteiger charge is -2.08. The van der Waals surface area contributed by atoms with Crippen LogP contribution in [0.1, 0.15) is 18.5 Å². The van der Waals surface area contributed by atoms with E-state index >= 15 is 0 Å². The van der Waals surface area contributed by atoms with Crippen LogP contribution in [-0.4, -0.2) is 0 Å². The molecule has 2 aromatic carbocycles. The van der Waals surface area contributed by atoms with Gasteiger partial charge in [-0.15, -0.1) is 11.3 Å². The molecule has 2 heteroatoms. The third-order valence-corrected chi connectivity index (χ3v) is 4.19. The maximum absolute atomic E-state index is 5.88. The first kappa shape index (κ1) is 11.5. The fourth-order valence-electron chi connectivity index (χ4n) is 2.19. The average molecular weight is 253 g/mol. The number of benzene rings is 2. The second-order valence-electron chi connectivity index (χ2n) is 4.56. The molecule has 3 aromatic rings. The summed E-state index contributed by atoms with van der Waals surface area (Å²) in [5, 5.41) is 3.46. The van der Waals surface area contributed by atoms with E-state index in [1.54, 1.807) is 11.3 Å². The molecule has 0 amide bonds. The molecule has 0 aliphatic heterocycles. The van der Waals surface area contributed by atoms with Gasteiger partial charge in [-0.1, -0.05) is 42.5 Å². The van der Waals surface area contributed by atoms with Crippen molar-refractivity contribution in [1.82, 2.24) is 0 Å². The maximum atomic E-state index is 5.88. The minimum absolute atomic E-state index is 0.0941. The van der Waals surface area contributed by atoms with Gasteiger partial charge < -0.3 is 5.73 Å². The second-order valence-corrected chi connectivity index (χ2v) is 5.47. The predicted octanol–water partition coefficient (Wildman–Crippen LogP) is 4.59. The molecule has 0 saturated heterocycles. The summed E-state index contributed by atoms with van der Waals surface area (Å²) in [6, 6.07) is 17.3. The lowest BCUT2D eigenvalue weighted by Crippen LogP contribution is -2.04. The molecular formula is C16H15NS. The zero-order valence-corrected chi connectivity index (χ0v) is 11.1. The highest BCUT2D eigenvalue weighted by Gasteiger charge is 2.05. The van der Waals surface area contributed by atoms with Crippen molar-refractivity contribution in [2.24, 2.45) is 5.73 Å². The Bertz CT molecular complexity index is 665. The van der Waals surface area contributed by atoms with Crippen molar-refractivity contribution in [3.05, 3.63) is 59.5 Å². The Labute approximate surface area is 111 Å². The smallest absolute Gasteiger partial charge is 0.0421 e. The second kappa shape index (κ2) is 4.56. The molecule has 1 heterocycles. The van der Waals surface area contributed by atoms with Gasteiger partial charge in [0.2, 0.25) is 0 Å². The van der Waals surface area contributed by atoms with Gasteiger partial charge in [0.15, 0.2) is 0 Å². The van der Waals surface area contributed by atoms with Crippen LogP contribution in [0.15, 0.2) is 53.9 Å². The van der Waals surface area contributed by atoms with Gasteiger partial charge in [0.05, 0.1) is 0 Å². The summed E-state index contributed by atoms with van der Waals surface area (Å²) < 4.78 is 1.35. The summed E-state index contributed by atoms with van der Waals surface area (Å²) in [5.41, 5.74) is 9.62. The molecule has 1 aromatic heterocycles. The molecule has 2 N–H and O–H groups in total. The Morgan fingerprint density at radius 2 is 1.78 bits per heavy atom. The lowest BCUT2D eigenvalue weighted by atomic mass is 10.0. The molecule has 1 unspecified atom stereocenters. The highest BCUT2D eigenvalue weighted by Crippen LogP contribution is 2.32. The molecule has 1 nitrogen and oxygen atoms in total. The summed E-state index contributed by atoms with van der Waals surface area (Å²) in [6.07, 6.45) is 0. The lowest BCUT2D eigenvalue weighted by molar-refractivity contribution is 0.818. The molecule has 0 radical (unpaired) electrons. The van der Waals surface area contributed by atoms with Crippen molar-refractivity contribution < 1.29 is 0 Å². The van der Waals surface area contributed by atoms with E-state index < -0.39 is 0 Å². The Kier molecular flexibility index (Phi) is 2.90. The molecule has 0 fully saturated rings. The van der Waals surface area contributed by atoms with Crippen LogP contribution in [0.4, 0.5) is 0 Å². The number of rotatable bonds is 2. The third-order valence-electron chi connectivity index (χ3n) is 3.23. The molecular weight excluding hydrogens is 238 g/mol. The predicted molar refractivity (Wildman–Crippen MR) is 79.9 cm³/mol. The van der Waals surface area contributed by atoms with E-state index in [1.807, 2.05) is 6.92 Å². The van der Waals surface area contributed by atoms with Crippen molar-refractivity contribution >= 4 is 21.4 Å². The quantitative estimate of drug-likeness (QED) is 0.710. The average Bonchev–Trinajstić information content (AvgIpc) is 2.87. The summed E-state index contributed by atoms with van der Waals surface area (Å²) >= 11 is 1.79. The number of nitrogens with two attached hydrogens (primary N) is 1. The molecule has 0 saturated carbocycles. The van der Waals surface area contributed by atoms with Crippen molar-refractivity contribution in [1.29, 1.82) is 0 Å². The topological polar surface area (TPSA) is 26.0 Å². The Balaban J connectivity index is 2.11. The van der Waals surface area contributed by atoms with Gasteiger partial charge in [0.1, 0.15) is 0 Å². The van der Waals surface area contributed by atoms with Crippen LogP contribution in [-0.2, 0) is 0 Å². The van der Waals surface area contributed by atoms with E-state index in [2.05, 4.69) is 53.9 Å². The van der Waals surface area contributed by atoms with E-state index in [1.165, 1.54) is 26.8 Å². The minimum atomic E-state index is 0.0941. The number of hydrogen-bond acceptors (Lipinski definition) is 2. The minimum Gasteiger partial charge on any atom is -0.324 e. The number of hydrogen-bond donors (Lipinski definition) is 1. The van der Waals surface area contributed by atoms with Gasteiger partial charge in [-0.25, -0.2) is 0 Å². The van der Waals surface area contributed by atoms with Crippen molar-refractivity contribution in [2.45, 2.75) is 13.0 Å². The van der Waals surface area contributed by atoms with Crippen LogP contribution >= 0.6 is 11.3 Å². The Hall–Kier alpha value is -1.64. The van der Waals surface area contributed by atoms with Gasteiger partial charge in [-0.05, 0) is 40.4 Å². The molecule has 0 bridgehead atoms. The monoisotopic (exact) mass is 253 g/mol. The SMILES string of the molecule is CC(N)c1ccc(-c2cccc3ccsc23)cc1. The molecule has 18 heavy (non-hydrogen) atoms. The first-order chi connectivity index (χ1) is 8.75. The Morgan fingerprint density at radius 3 is 2.50 bits per heavy atom. The maximum Gasteiger partial charge on any atom is 0.0421 e. The zero-order valence-electron chi connectivity index (χ0n) is 10.3. The van der Waals surface area contributed by atoms with E-state index in [0.717, 1.165) is 0 Å². The van der Waals surface area contributed by atoms with Crippen LogP contribution in [0.25, 0.3) is 21.2 Å². The zero-order chi connectivity index (χ0) is 12.5. The standard InChI is InChI=1S/C16H15NS/c1-11(17)12-5-7-13(8-6-12)15-4-2-3-14-9-10-18-16(14)15/h2-11H,17H2,1H3. The molecule has 3 rings (SSSR count). The van der Waals surface area contributed by atoms with Gasteiger partial charge in [-0.2, -0.15) is 0 Å². The van der Waals surface area contributed by atoms with Crippen molar-refractivity contribution in [3.63, 3.8) is 0 Å². The fraction of sp³-hybridized carbons (Fsp3) is 0.125.